The molecule has 0 aliphatic heterocycles. The maximum absolute atomic E-state index is 13.9. The van der Waals surface area contributed by atoms with Crippen molar-refractivity contribution in [2.75, 3.05) is 11.6 Å². The van der Waals surface area contributed by atoms with E-state index in [2.05, 4.69) is 15.3 Å². The van der Waals surface area contributed by atoms with Gasteiger partial charge < -0.3 is 5.32 Å². The Morgan fingerprint density at radius 1 is 1.09 bits per heavy atom. The van der Waals surface area contributed by atoms with Gasteiger partial charge in [-0.15, -0.1) is 11.8 Å². The molecule has 0 fully saturated rings. The number of hydrogen-bond donors (Lipinski definition) is 1. The second kappa shape index (κ2) is 9.28. The van der Waals surface area contributed by atoms with Crippen LogP contribution in [0.4, 0.5) is 23.2 Å². The number of nitrogens with zero attached hydrogens (tertiary/aromatic N) is 2. The van der Waals surface area contributed by atoms with Crippen LogP contribution in [0.3, 0.4) is 0 Å². The van der Waals surface area contributed by atoms with Crippen molar-refractivity contribution < 1.29 is 22.4 Å². The average molecular weight is 464 g/mol. The number of aryl methyl sites for hydroxylation is 1. The summed E-state index contributed by atoms with van der Waals surface area (Å²) in [5.41, 5.74) is 0.929. The number of amides is 1. The molecule has 2 aromatic carbocycles. The van der Waals surface area contributed by atoms with Gasteiger partial charge >= 0.3 is 6.18 Å². The largest absolute Gasteiger partial charge is 0.416 e. The van der Waals surface area contributed by atoms with Gasteiger partial charge in [0, 0.05) is 11.3 Å². The summed E-state index contributed by atoms with van der Waals surface area (Å²) in [6.45, 7) is 5.52. The maximum Gasteiger partial charge on any atom is 0.416 e. The van der Waals surface area contributed by atoms with Gasteiger partial charge in [0.25, 0.3) is 5.91 Å². The zero-order valence-corrected chi connectivity index (χ0v) is 18.7. The number of alkyl halides is 3. The third-order valence-corrected chi connectivity index (χ3v) is 5.31. The molecule has 1 amide bonds. The fourth-order valence-corrected chi connectivity index (χ4v) is 3.74. The highest BCUT2D eigenvalue weighted by molar-refractivity contribution is 7.98. The maximum atomic E-state index is 13.9. The molecule has 3 rings (SSSR count). The molecule has 0 bridgehead atoms. The first-order chi connectivity index (χ1) is 15.0. The van der Waals surface area contributed by atoms with E-state index >= 15 is 0 Å². The summed E-state index contributed by atoms with van der Waals surface area (Å²) in [6, 6.07) is 9.45. The molecule has 9 heteroatoms. The van der Waals surface area contributed by atoms with Gasteiger partial charge in [-0.25, -0.2) is 14.4 Å². The lowest BCUT2D eigenvalue weighted by Crippen LogP contribution is -2.19. The molecular weight excluding hydrogens is 442 g/mol. The van der Waals surface area contributed by atoms with Crippen LogP contribution in [0.1, 0.15) is 46.9 Å². The molecule has 0 spiro atoms. The molecule has 3 aromatic rings. The normalized spacial score (nSPS) is 11.7. The quantitative estimate of drug-likeness (QED) is 0.260. The molecule has 0 atom stereocenters. The molecule has 0 aliphatic carbocycles. The number of rotatable bonds is 5. The molecule has 0 saturated heterocycles. The van der Waals surface area contributed by atoms with E-state index in [-0.39, 0.29) is 22.9 Å². The highest BCUT2D eigenvalue weighted by atomic mass is 32.2. The van der Waals surface area contributed by atoms with Crippen LogP contribution in [-0.4, -0.2) is 22.1 Å². The minimum absolute atomic E-state index is 0.0739. The zero-order chi connectivity index (χ0) is 23.6. The third kappa shape index (κ3) is 5.27. The van der Waals surface area contributed by atoms with E-state index in [4.69, 9.17) is 0 Å². The number of hydrogen-bond acceptors (Lipinski definition) is 4. The van der Waals surface area contributed by atoms with Crippen molar-refractivity contribution in [2.24, 2.45) is 0 Å². The highest BCUT2D eigenvalue weighted by Crippen LogP contribution is 2.34. The van der Waals surface area contributed by atoms with E-state index in [0.29, 0.717) is 22.5 Å². The predicted octanol–water partition coefficient (Wildman–Crippen LogP) is 6.71. The molecule has 1 heterocycles. The predicted molar refractivity (Wildman–Crippen MR) is 117 cm³/mol. The Hall–Kier alpha value is -2.94. The van der Waals surface area contributed by atoms with Crippen LogP contribution in [0.15, 0.2) is 47.5 Å². The van der Waals surface area contributed by atoms with E-state index in [1.165, 1.54) is 0 Å². The summed E-state index contributed by atoms with van der Waals surface area (Å²) in [5.74, 6) is -1.78. The summed E-state index contributed by atoms with van der Waals surface area (Å²) in [7, 11) is 0. The van der Waals surface area contributed by atoms with Gasteiger partial charge in [-0.3, -0.25) is 4.79 Å². The number of halogens is 4. The van der Waals surface area contributed by atoms with E-state index in [9.17, 15) is 22.4 Å². The van der Waals surface area contributed by atoms with Gasteiger partial charge in [0.1, 0.15) is 10.8 Å². The monoisotopic (exact) mass is 463 g/mol. The summed E-state index contributed by atoms with van der Waals surface area (Å²) in [6.07, 6.45) is -3.01. The second-order valence-electron chi connectivity index (χ2n) is 7.52. The minimum atomic E-state index is -4.71. The molecule has 1 N–H and O–H groups in total. The second-order valence-corrected chi connectivity index (χ2v) is 8.32. The Labute approximate surface area is 187 Å². The standard InChI is InChI=1S/C23H21F4N3OS/c1-12(2)19-18(21(31)28-17-7-5-6-13(3)8-17)22(32-4)30-20(29-19)14-9-15(23(25,26)27)11-16(24)10-14/h5-12H,1-4H3,(H,28,31). The Kier molecular flexibility index (Phi) is 6.88. The molecule has 1 aromatic heterocycles. The van der Waals surface area contributed by atoms with Gasteiger partial charge in [0.2, 0.25) is 0 Å². The number of aromatic nitrogens is 2. The van der Waals surface area contributed by atoms with Crippen molar-refractivity contribution in [3.05, 3.63) is 70.7 Å². The molecule has 0 unspecified atom stereocenters. The van der Waals surface area contributed by atoms with E-state index in [1.54, 1.807) is 12.3 Å². The average Bonchev–Trinajstić information content (AvgIpc) is 2.71. The van der Waals surface area contributed by atoms with Crippen molar-refractivity contribution in [2.45, 2.75) is 37.9 Å². The van der Waals surface area contributed by atoms with Crippen molar-refractivity contribution in [1.82, 2.24) is 9.97 Å². The first kappa shape index (κ1) is 23.7. The summed E-state index contributed by atoms with van der Waals surface area (Å²) >= 11 is 1.16. The van der Waals surface area contributed by atoms with Crippen LogP contribution < -0.4 is 5.32 Å². The lowest BCUT2D eigenvalue weighted by atomic mass is 10.0. The molecule has 32 heavy (non-hydrogen) atoms. The van der Waals surface area contributed by atoms with Crippen LogP contribution in [0, 0.1) is 12.7 Å². The van der Waals surface area contributed by atoms with Gasteiger partial charge in [0.05, 0.1) is 16.8 Å². The lowest BCUT2D eigenvalue weighted by Gasteiger charge is -2.17. The zero-order valence-electron chi connectivity index (χ0n) is 17.8. The highest BCUT2D eigenvalue weighted by Gasteiger charge is 2.32. The van der Waals surface area contributed by atoms with E-state index in [1.807, 2.05) is 39.0 Å². The molecule has 0 aliphatic rings. The van der Waals surface area contributed by atoms with Crippen molar-refractivity contribution in [1.29, 1.82) is 0 Å². The number of anilines is 1. The van der Waals surface area contributed by atoms with E-state index < -0.39 is 23.5 Å². The molecule has 0 saturated carbocycles. The SMILES string of the molecule is CSc1nc(-c2cc(F)cc(C(F)(F)F)c2)nc(C(C)C)c1C(=O)Nc1cccc(C)c1. The number of nitrogens with one attached hydrogen (secondary N) is 1. The number of thioether (sulfide) groups is 1. The van der Waals surface area contributed by atoms with Crippen LogP contribution in [0.2, 0.25) is 0 Å². The fraction of sp³-hybridized carbons (Fsp3) is 0.261. The molecule has 0 radical (unpaired) electrons. The van der Waals surface area contributed by atoms with Gasteiger partial charge in [-0.05, 0) is 55.0 Å². The Morgan fingerprint density at radius 3 is 2.41 bits per heavy atom. The first-order valence-electron chi connectivity index (χ1n) is 9.71. The molecule has 168 valence electrons. The third-order valence-electron chi connectivity index (χ3n) is 4.63. The topological polar surface area (TPSA) is 54.9 Å². The lowest BCUT2D eigenvalue weighted by molar-refractivity contribution is -0.137. The van der Waals surface area contributed by atoms with Gasteiger partial charge in [-0.1, -0.05) is 26.0 Å². The van der Waals surface area contributed by atoms with Crippen molar-refractivity contribution in [3.63, 3.8) is 0 Å². The van der Waals surface area contributed by atoms with E-state index in [0.717, 1.165) is 29.5 Å². The summed E-state index contributed by atoms with van der Waals surface area (Å²) in [5, 5.41) is 3.12. The number of carbonyl (C=O) groups is 1. The Morgan fingerprint density at radius 2 is 1.81 bits per heavy atom. The van der Waals surface area contributed by atoms with Crippen LogP contribution in [0.5, 0.6) is 0 Å². The summed E-state index contributed by atoms with van der Waals surface area (Å²) in [4.78, 5) is 21.8. The molecule has 4 nitrogen and oxygen atoms in total. The van der Waals surface area contributed by atoms with Crippen LogP contribution >= 0.6 is 11.8 Å². The summed E-state index contributed by atoms with van der Waals surface area (Å²) < 4.78 is 53.4. The van der Waals surface area contributed by atoms with Gasteiger partial charge in [0.15, 0.2) is 5.82 Å². The Bertz CT molecular complexity index is 1160. The van der Waals surface area contributed by atoms with Crippen LogP contribution in [0.25, 0.3) is 11.4 Å². The molecular formula is C23H21F4N3OS. The number of benzene rings is 2. The van der Waals surface area contributed by atoms with Crippen molar-refractivity contribution in [3.8, 4) is 11.4 Å². The first-order valence-corrected chi connectivity index (χ1v) is 10.9. The number of carbonyl (C=O) groups excluding carboxylic acids is 1. The van der Waals surface area contributed by atoms with Crippen molar-refractivity contribution >= 4 is 23.4 Å². The minimum Gasteiger partial charge on any atom is -0.322 e. The van der Waals surface area contributed by atoms with Gasteiger partial charge in [-0.2, -0.15) is 13.2 Å². The fourth-order valence-electron chi connectivity index (χ4n) is 3.16. The Balaban J connectivity index is 2.12. The smallest absolute Gasteiger partial charge is 0.322 e. The van der Waals surface area contributed by atoms with Crippen LogP contribution in [-0.2, 0) is 6.18 Å².